The molecule has 1 heterocycles. The second-order valence-corrected chi connectivity index (χ2v) is 6.56. The Morgan fingerprint density at radius 3 is 2.48 bits per heavy atom. The first-order valence-electron chi connectivity index (χ1n) is 9.41. The van der Waals surface area contributed by atoms with Crippen LogP contribution in [0.2, 0.25) is 0 Å². The first-order chi connectivity index (χ1) is 14.2. The van der Waals surface area contributed by atoms with Crippen molar-refractivity contribution in [3.8, 4) is 17.2 Å². The Morgan fingerprint density at radius 2 is 1.79 bits per heavy atom. The van der Waals surface area contributed by atoms with Gasteiger partial charge in [-0.25, -0.2) is 0 Å². The van der Waals surface area contributed by atoms with E-state index in [9.17, 15) is 5.11 Å². The average molecular weight is 394 g/mol. The third kappa shape index (κ3) is 5.94. The van der Waals surface area contributed by atoms with Gasteiger partial charge < -0.3 is 24.6 Å². The fourth-order valence-electron chi connectivity index (χ4n) is 2.89. The van der Waals surface area contributed by atoms with Gasteiger partial charge in [0, 0.05) is 31.0 Å². The molecule has 3 aromatic rings. The summed E-state index contributed by atoms with van der Waals surface area (Å²) in [6.45, 7) is 1.45. The molecule has 1 unspecified atom stereocenters. The number of aliphatic hydroxyl groups is 1. The van der Waals surface area contributed by atoms with Crippen molar-refractivity contribution in [3.63, 3.8) is 0 Å². The molecular formula is C23H26N2O4. The minimum Gasteiger partial charge on any atom is -0.497 e. The van der Waals surface area contributed by atoms with E-state index in [0.29, 0.717) is 31.2 Å². The van der Waals surface area contributed by atoms with E-state index in [1.807, 2.05) is 54.6 Å². The van der Waals surface area contributed by atoms with Gasteiger partial charge in [-0.05, 0) is 41.5 Å². The summed E-state index contributed by atoms with van der Waals surface area (Å²) in [5.41, 5.74) is 2.86. The number of pyridine rings is 1. The number of rotatable bonds is 10. The number of aliphatic hydroxyl groups excluding tert-OH is 1. The normalized spacial score (nSPS) is 11.7. The molecule has 0 spiro atoms. The van der Waals surface area contributed by atoms with Crippen LogP contribution in [0.15, 0.2) is 67.0 Å². The van der Waals surface area contributed by atoms with Crippen molar-refractivity contribution in [2.45, 2.75) is 19.3 Å². The maximum absolute atomic E-state index is 10.4. The molecule has 6 heteroatoms. The highest BCUT2D eigenvalue weighted by atomic mass is 16.5. The van der Waals surface area contributed by atoms with Gasteiger partial charge in [0.2, 0.25) is 0 Å². The Labute approximate surface area is 171 Å². The number of aromatic nitrogens is 1. The van der Waals surface area contributed by atoms with Crippen LogP contribution in [0.3, 0.4) is 0 Å². The zero-order chi connectivity index (χ0) is 20.5. The van der Waals surface area contributed by atoms with E-state index in [1.165, 1.54) is 0 Å². The molecule has 0 fully saturated rings. The van der Waals surface area contributed by atoms with Crippen molar-refractivity contribution < 1.29 is 19.3 Å². The van der Waals surface area contributed by atoms with Crippen LogP contribution in [0.5, 0.6) is 17.2 Å². The molecule has 0 aliphatic rings. The van der Waals surface area contributed by atoms with Gasteiger partial charge in [0.15, 0.2) is 11.5 Å². The molecule has 29 heavy (non-hydrogen) atoms. The Hall–Kier alpha value is -3.09. The van der Waals surface area contributed by atoms with Crippen LogP contribution < -0.4 is 19.5 Å². The van der Waals surface area contributed by atoms with E-state index in [0.717, 1.165) is 22.4 Å². The predicted molar refractivity (Wildman–Crippen MR) is 111 cm³/mol. The lowest BCUT2D eigenvalue weighted by atomic mass is 10.1. The minimum absolute atomic E-state index is 0.414. The van der Waals surface area contributed by atoms with Crippen molar-refractivity contribution in [2.24, 2.45) is 0 Å². The van der Waals surface area contributed by atoms with Crippen molar-refractivity contribution >= 4 is 0 Å². The van der Waals surface area contributed by atoms with Gasteiger partial charge in [-0.15, -0.1) is 0 Å². The van der Waals surface area contributed by atoms with E-state index < -0.39 is 6.10 Å². The van der Waals surface area contributed by atoms with Gasteiger partial charge >= 0.3 is 0 Å². The number of methoxy groups -OCH3 is 2. The van der Waals surface area contributed by atoms with Crippen molar-refractivity contribution in [1.82, 2.24) is 10.3 Å². The van der Waals surface area contributed by atoms with Crippen LogP contribution in [0, 0.1) is 0 Å². The van der Waals surface area contributed by atoms with Crippen molar-refractivity contribution in [1.29, 1.82) is 0 Å². The lowest BCUT2D eigenvalue weighted by molar-refractivity contribution is 0.174. The topological polar surface area (TPSA) is 72.8 Å². The molecule has 2 N–H and O–H groups in total. The number of hydrogen-bond acceptors (Lipinski definition) is 6. The summed E-state index contributed by atoms with van der Waals surface area (Å²) >= 11 is 0. The summed E-state index contributed by atoms with van der Waals surface area (Å²) < 4.78 is 16.5. The minimum atomic E-state index is -0.597. The van der Waals surface area contributed by atoms with Gasteiger partial charge in [0.25, 0.3) is 0 Å². The third-order valence-corrected chi connectivity index (χ3v) is 4.51. The predicted octanol–water partition coefficient (Wildman–Crippen LogP) is 3.50. The van der Waals surface area contributed by atoms with Crippen LogP contribution in [0.25, 0.3) is 0 Å². The molecule has 0 radical (unpaired) electrons. The maximum atomic E-state index is 10.4. The monoisotopic (exact) mass is 394 g/mol. The first kappa shape index (κ1) is 20.6. The van der Waals surface area contributed by atoms with E-state index in [-0.39, 0.29) is 0 Å². The molecule has 0 saturated heterocycles. The number of hydrogen-bond donors (Lipinski definition) is 2. The van der Waals surface area contributed by atoms with Crippen molar-refractivity contribution in [2.75, 3.05) is 20.8 Å². The zero-order valence-electron chi connectivity index (χ0n) is 16.7. The fraction of sp³-hybridized carbons (Fsp3) is 0.261. The Bertz CT molecular complexity index is 885. The molecule has 0 saturated carbocycles. The highest BCUT2D eigenvalue weighted by Crippen LogP contribution is 2.29. The maximum Gasteiger partial charge on any atom is 0.161 e. The van der Waals surface area contributed by atoms with Crippen LogP contribution in [-0.4, -0.2) is 30.9 Å². The highest BCUT2D eigenvalue weighted by Gasteiger charge is 2.09. The third-order valence-electron chi connectivity index (χ3n) is 4.51. The molecule has 1 aromatic heterocycles. The number of nitrogens with zero attached hydrogens (tertiary/aromatic N) is 1. The average Bonchev–Trinajstić information content (AvgIpc) is 2.78. The number of benzene rings is 2. The quantitative estimate of drug-likeness (QED) is 0.548. The molecule has 0 amide bonds. The molecular weight excluding hydrogens is 368 g/mol. The molecule has 2 aromatic carbocycles. The van der Waals surface area contributed by atoms with Gasteiger partial charge in [0.05, 0.1) is 20.3 Å². The number of nitrogens with one attached hydrogen (secondary N) is 1. The summed E-state index contributed by atoms with van der Waals surface area (Å²) in [5.74, 6) is 2.12. The molecule has 0 aliphatic carbocycles. The van der Waals surface area contributed by atoms with Crippen LogP contribution in [-0.2, 0) is 13.2 Å². The second kappa shape index (κ2) is 10.5. The Morgan fingerprint density at radius 1 is 0.966 bits per heavy atom. The first-order valence-corrected chi connectivity index (χ1v) is 9.41. The number of ether oxygens (including phenoxy) is 3. The van der Waals surface area contributed by atoms with Gasteiger partial charge in [-0.1, -0.05) is 24.3 Å². The summed E-state index contributed by atoms with van der Waals surface area (Å²) in [5, 5.41) is 13.6. The summed E-state index contributed by atoms with van der Waals surface area (Å²) in [6.07, 6.45) is 2.91. The standard InChI is InChI=1S/C23H26N2O4/c1-27-20-8-6-19(7-9-20)21(26)15-25-13-17-5-10-22(28-2)23(12-17)29-16-18-4-3-11-24-14-18/h3-12,14,21,25-26H,13,15-16H2,1-2H3. The fourth-order valence-corrected chi connectivity index (χ4v) is 2.89. The van der Waals surface area contributed by atoms with Crippen molar-refractivity contribution in [3.05, 3.63) is 83.7 Å². The summed E-state index contributed by atoms with van der Waals surface area (Å²) in [4.78, 5) is 4.10. The van der Waals surface area contributed by atoms with E-state index in [4.69, 9.17) is 14.2 Å². The lowest BCUT2D eigenvalue weighted by Gasteiger charge is -2.15. The van der Waals surface area contributed by atoms with E-state index in [1.54, 1.807) is 26.6 Å². The molecule has 152 valence electrons. The zero-order valence-corrected chi connectivity index (χ0v) is 16.7. The van der Waals surface area contributed by atoms with Gasteiger partial charge in [0.1, 0.15) is 12.4 Å². The molecule has 6 nitrogen and oxygen atoms in total. The molecule has 0 aliphatic heterocycles. The van der Waals surface area contributed by atoms with E-state index >= 15 is 0 Å². The lowest BCUT2D eigenvalue weighted by Crippen LogP contribution is -2.21. The summed E-state index contributed by atoms with van der Waals surface area (Å²) in [7, 11) is 3.24. The second-order valence-electron chi connectivity index (χ2n) is 6.56. The Kier molecular flexibility index (Phi) is 7.44. The van der Waals surface area contributed by atoms with Crippen LogP contribution >= 0.6 is 0 Å². The molecule has 0 bridgehead atoms. The Balaban J connectivity index is 1.56. The largest absolute Gasteiger partial charge is 0.497 e. The SMILES string of the molecule is COc1ccc(C(O)CNCc2ccc(OC)c(OCc3cccnc3)c2)cc1. The van der Waals surface area contributed by atoms with Gasteiger partial charge in [-0.3, -0.25) is 4.98 Å². The smallest absolute Gasteiger partial charge is 0.161 e. The van der Waals surface area contributed by atoms with Crippen LogP contribution in [0.1, 0.15) is 22.8 Å². The van der Waals surface area contributed by atoms with Gasteiger partial charge in [-0.2, -0.15) is 0 Å². The van der Waals surface area contributed by atoms with Crippen LogP contribution in [0.4, 0.5) is 0 Å². The molecule has 3 rings (SSSR count). The van der Waals surface area contributed by atoms with E-state index in [2.05, 4.69) is 10.3 Å². The summed E-state index contributed by atoms with van der Waals surface area (Å²) in [6, 6.07) is 17.1. The molecule has 1 atom stereocenters. The highest BCUT2D eigenvalue weighted by molar-refractivity contribution is 5.43.